The molecule has 1 aromatic rings. The lowest BCUT2D eigenvalue weighted by Gasteiger charge is -2.43. The number of nitrogens with one attached hydrogen (secondary N) is 1. The Morgan fingerprint density at radius 1 is 1.17 bits per heavy atom. The Kier molecular flexibility index (Phi) is 5.29. The Bertz CT molecular complexity index is 563. The molecule has 0 heterocycles. The summed E-state index contributed by atoms with van der Waals surface area (Å²) in [7, 11) is 0. The van der Waals surface area contributed by atoms with Gasteiger partial charge in [-0.05, 0) is 70.3 Å². The second kappa shape index (κ2) is 7.26. The number of amides is 1. The minimum atomic E-state index is 0.168. The monoisotopic (exact) mass is 328 g/mol. The zero-order valence-electron chi connectivity index (χ0n) is 15.3. The van der Waals surface area contributed by atoms with Crippen molar-refractivity contribution in [2.75, 3.05) is 0 Å². The Morgan fingerprint density at radius 2 is 1.75 bits per heavy atom. The smallest absolute Gasteiger partial charge is 0.223 e. The van der Waals surface area contributed by atoms with Crippen LogP contribution in [0.3, 0.4) is 0 Å². The molecule has 3 heteroatoms. The van der Waals surface area contributed by atoms with Crippen LogP contribution in [0.4, 0.5) is 0 Å². The zero-order chi connectivity index (χ0) is 17.3. The van der Waals surface area contributed by atoms with Crippen LogP contribution in [0.2, 0.25) is 0 Å². The molecule has 0 aromatic heterocycles. The number of aryl methyl sites for hydroxylation is 2. The average Bonchev–Trinajstić information content (AvgIpc) is 2.45. The van der Waals surface area contributed by atoms with E-state index in [1.807, 2.05) is 0 Å². The summed E-state index contributed by atoms with van der Waals surface area (Å²) in [6.45, 7) is 6.37. The molecule has 0 radical (unpaired) electrons. The number of carbonyl (C=O) groups is 1. The third-order valence-corrected chi connectivity index (χ3v) is 6.00. The van der Waals surface area contributed by atoms with E-state index in [1.165, 1.54) is 36.0 Å². The van der Waals surface area contributed by atoms with Crippen molar-refractivity contribution in [2.24, 2.45) is 23.5 Å². The maximum absolute atomic E-state index is 12.7. The maximum atomic E-state index is 12.7. The van der Waals surface area contributed by atoms with Gasteiger partial charge in [-0.15, -0.1) is 0 Å². The highest BCUT2D eigenvalue weighted by Gasteiger charge is 2.40. The normalized spacial score (nSPS) is 30.7. The van der Waals surface area contributed by atoms with Crippen molar-refractivity contribution in [1.82, 2.24) is 5.32 Å². The van der Waals surface area contributed by atoms with Crippen LogP contribution in [0.5, 0.6) is 0 Å². The Morgan fingerprint density at radius 3 is 2.33 bits per heavy atom. The van der Waals surface area contributed by atoms with E-state index in [9.17, 15) is 4.79 Å². The van der Waals surface area contributed by atoms with Gasteiger partial charge in [-0.25, -0.2) is 0 Å². The van der Waals surface area contributed by atoms with Crippen LogP contribution in [0, 0.1) is 31.6 Å². The largest absolute Gasteiger partial charge is 0.353 e. The van der Waals surface area contributed by atoms with E-state index in [2.05, 4.69) is 44.3 Å². The van der Waals surface area contributed by atoms with Crippen molar-refractivity contribution in [3.63, 3.8) is 0 Å². The second-order valence-corrected chi connectivity index (χ2v) is 8.31. The lowest BCUT2D eigenvalue weighted by atomic mass is 9.65. The number of benzene rings is 1. The molecular weight excluding hydrogens is 296 g/mol. The Labute approximate surface area is 146 Å². The molecule has 3 unspecified atom stereocenters. The zero-order valence-corrected chi connectivity index (χ0v) is 15.3. The molecule has 0 aliphatic heterocycles. The molecule has 132 valence electrons. The van der Waals surface area contributed by atoms with Gasteiger partial charge >= 0.3 is 0 Å². The van der Waals surface area contributed by atoms with E-state index in [-0.39, 0.29) is 17.9 Å². The molecular formula is C21H32N2O. The van der Waals surface area contributed by atoms with Crippen LogP contribution in [-0.4, -0.2) is 18.0 Å². The van der Waals surface area contributed by atoms with E-state index >= 15 is 0 Å². The fourth-order valence-electron chi connectivity index (χ4n) is 4.96. The first-order chi connectivity index (χ1) is 11.4. The Balaban J connectivity index is 1.56. The van der Waals surface area contributed by atoms with Crippen LogP contribution >= 0.6 is 0 Å². The highest BCUT2D eigenvalue weighted by Crippen LogP contribution is 2.41. The van der Waals surface area contributed by atoms with Gasteiger partial charge in [-0.3, -0.25) is 4.79 Å². The highest BCUT2D eigenvalue weighted by molar-refractivity contribution is 5.79. The predicted molar refractivity (Wildman–Crippen MR) is 98.8 cm³/mol. The van der Waals surface area contributed by atoms with Gasteiger partial charge in [-0.1, -0.05) is 35.7 Å². The molecule has 2 saturated carbocycles. The summed E-state index contributed by atoms with van der Waals surface area (Å²) in [5.41, 5.74) is 10.2. The quantitative estimate of drug-likeness (QED) is 0.889. The topological polar surface area (TPSA) is 55.1 Å². The first-order valence-electron chi connectivity index (χ1n) is 9.55. The van der Waals surface area contributed by atoms with Crippen LogP contribution < -0.4 is 11.1 Å². The van der Waals surface area contributed by atoms with E-state index in [4.69, 9.17) is 5.73 Å². The van der Waals surface area contributed by atoms with Crippen molar-refractivity contribution in [1.29, 1.82) is 0 Å². The predicted octanol–water partition coefficient (Wildman–Crippen LogP) is 3.50. The molecule has 3 rings (SSSR count). The van der Waals surface area contributed by atoms with Crippen LogP contribution in [0.25, 0.3) is 0 Å². The van der Waals surface area contributed by atoms with Gasteiger partial charge in [0.2, 0.25) is 5.91 Å². The van der Waals surface area contributed by atoms with Gasteiger partial charge in [0.15, 0.2) is 0 Å². The van der Waals surface area contributed by atoms with Crippen LogP contribution in [-0.2, 0) is 11.2 Å². The lowest BCUT2D eigenvalue weighted by molar-refractivity contribution is -0.128. The fraction of sp³-hybridized carbons (Fsp3) is 0.667. The molecule has 1 aromatic carbocycles. The lowest BCUT2D eigenvalue weighted by Crippen LogP contribution is -2.50. The van der Waals surface area contributed by atoms with E-state index in [1.54, 1.807) is 0 Å². The molecule has 3 atom stereocenters. The molecule has 2 bridgehead atoms. The third-order valence-electron chi connectivity index (χ3n) is 6.00. The molecule has 0 spiro atoms. The van der Waals surface area contributed by atoms with Crippen molar-refractivity contribution in [3.05, 3.63) is 34.9 Å². The van der Waals surface area contributed by atoms with Gasteiger partial charge in [0, 0.05) is 18.0 Å². The van der Waals surface area contributed by atoms with E-state index in [0.29, 0.717) is 17.9 Å². The number of hydrogen-bond donors (Lipinski definition) is 2. The summed E-state index contributed by atoms with van der Waals surface area (Å²) in [6.07, 6.45) is 6.58. The molecule has 2 aliphatic carbocycles. The standard InChI is InChI=1S/C21H32N2O/c1-13-7-14(2)9-16(8-13)10-15(3)23-21(24)19-11-17-5-4-6-18(12-19)20(17)22/h7-9,15,17-20H,4-6,10-12,22H2,1-3H3,(H,23,24). The molecule has 1 amide bonds. The third kappa shape index (κ3) is 4.00. The highest BCUT2D eigenvalue weighted by atomic mass is 16.1. The van der Waals surface area contributed by atoms with Crippen LogP contribution in [0.15, 0.2) is 18.2 Å². The number of nitrogens with two attached hydrogens (primary N) is 1. The van der Waals surface area contributed by atoms with Gasteiger partial charge in [0.1, 0.15) is 0 Å². The van der Waals surface area contributed by atoms with Crippen molar-refractivity contribution in [2.45, 2.75) is 71.4 Å². The first-order valence-corrected chi connectivity index (χ1v) is 9.55. The summed E-state index contributed by atoms with van der Waals surface area (Å²) in [5, 5.41) is 3.26. The molecule has 3 nitrogen and oxygen atoms in total. The summed E-state index contributed by atoms with van der Waals surface area (Å²) in [6, 6.07) is 7.14. The van der Waals surface area contributed by atoms with Crippen molar-refractivity contribution in [3.8, 4) is 0 Å². The van der Waals surface area contributed by atoms with E-state index in [0.717, 1.165) is 19.3 Å². The number of rotatable bonds is 4. The molecule has 0 saturated heterocycles. The first kappa shape index (κ1) is 17.5. The number of fused-ring (bicyclic) bond motifs is 2. The minimum Gasteiger partial charge on any atom is -0.353 e. The Hall–Kier alpha value is -1.35. The summed E-state index contributed by atoms with van der Waals surface area (Å²) in [4.78, 5) is 12.7. The van der Waals surface area contributed by atoms with Gasteiger partial charge in [0.05, 0.1) is 0 Å². The molecule has 2 fully saturated rings. The minimum absolute atomic E-state index is 0.168. The second-order valence-electron chi connectivity index (χ2n) is 8.31. The summed E-state index contributed by atoms with van der Waals surface area (Å²) in [5.74, 6) is 1.53. The molecule has 2 aliphatic rings. The summed E-state index contributed by atoms with van der Waals surface area (Å²) >= 11 is 0. The number of hydrogen-bond acceptors (Lipinski definition) is 2. The van der Waals surface area contributed by atoms with Gasteiger partial charge in [-0.2, -0.15) is 0 Å². The van der Waals surface area contributed by atoms with Crippen molar-refractivity contribution < 1.29 is 4.79 Å². The molecule has 24 heavy (non-hydrogen) atoms. The van der Waals surface area contributed by atoms with Gasteiger partial charge < -0.3 is 11.1 Å². The van der Waals surface area contributed by atoms with Crippen molar-refractivity contribution >= 4 is 5.91 Å². The molecule has 3 N–H and O–H groups in total. The average molecular weight is 329 g/mol. The van der Waals surface area contributed by atoms with Gasteiger partial charge in [0.25, 0.3) is 0 Å². The maximum Gasteiger partial charge on any atom is 0.223 e. The summed E-state index contributed by atoms with van der Waals surface area (Å²) < 4.78 is 0. The van der Waals surface area contributed by atoms with E-state index < -0.39 is 0 Å². The number of carbonyl (C=O) groups excluding carboxylic acids is 1. The fourth-order valence-corrected chi connectivity index (χ4v) is 4.96. The van der Waals surface area contributed by atoms with Crippen LogP contribution in [0.1, 0.15) is 55.7 Å². The SMILES string of the molecule is Cc1cc(C)cc(CC(C)NC(=O)C2CC3CCCC(C2)C3N)c1.